The highest BCUT2D eigenvalue weighted by molar-refractivity contribution is 7.12. The van der Waals surface area contributed by atoms with E-state index in [9.17, 15) is 0 Å². The Bertz CT molecular complexity index is 300. The summed E-state index contributed by atoms with van der Waals surface area (Å²) in [6.45, 7) is 6.32. The highest BCUT2D eigenvalue weighted by Crippen LogP contribution is 2.20. The molecule has 0 saturated carbocycles. The van der Waals surface area contributed by atoms with Gasteiger partial charge in [0.15, 0.2) is 0 Å². The molecular formula is C12H17NS. The molecule has 0 unspecified atom stereocenters. The van der Waals surface area contributed by atoms with Crippen LogP contribution in [-0.4, -0.2) is 6.54 Å². The minimum atomic E-state index is 0.871. The van der Waals surface area contributed by atoms with Crippen molar-refractivity contribution in [2.24, 2.45) is 0 Å². The molecule has 1 nitrogen and oxygen atoms in total. The maximum Gasteiger partial charge on any atom is 0.0299 e. The molecule has 0 saturated heterocycles. The van der Waals surface area contributed by atoms with E-state index in [-0.39, 0.29) is 0 Å². The standard InChI is InChI=1S/C12H17NS/c1-4-5-6-7-13-9-12-8-10(2)11(3)14-12/h1,8,13H,5-7,9H2,2-3H3. The summed E-state index contributed by atoms with van der Waals surface area (Å²) in [7, 11) is 0. The first-order chi connectivity index (χ1) is 6.74. The molecule has 1 heterocycles. The number of terminal acetylenes is 1. The molecule has 0 amide bonds. The normalized spacial score (nSPS) is 10.1. The van der Waals surface area contributed by atoms with Crippen LogP contribution in [0.15, 0.2) is 6.07 Å². The van der Waals surface area contributed by atoms with E-state index in [1.165, 1.54) is 15.3 Å². The molecule has 0 aliphatic heterocycles. The van der Waals surface area contributed by atoms with Crippen molar-refractivity contribution in [1.82, 2.24) is 5.32 Å². The molecule has 1 N–H and O–H groups in total. The van der Waals surface area contributed by atoms with E-state index in [0.717, 1.165) is 25.9 Å². The molecule has 2 heteroatoms. The van der Waals surface area contributed by atoms with E-state index >= 15 is 0 Å². The summed E-state index contributed by atoms with van der Waals surface area (Å²) in [4.78, 5) is 2.84. The quantitative estimate of drug-likeness (QED) is 0.578. The minimum Gasteiger partial charge on any atom is -0.312 e. The fourth-order valence-electron chi connectivity index (χ4n) is 1.26. The van der Waals surface area contributed by atoms with Crippen molar-refractivity contribution < 1.29 is 0 Å². The third-order valence-corrected chi connectivity index (χ3v) is 3.34. The molecule has 0 atom stereocenters. The number of aryl methyl sites for hydroxylation is 2. The first-order valence-corrected chi connectivity index (χ1v) is 5.75. The zero-order valence-corrected chi connectivity index (χ0v) is 9.71. The molecule has 1 aromatic rings. The van der Waals surface area contributed by atoms with E-state index in [2.05, 4.69) is 31.2 Å². The van der Waals surface area contributed by atoms with Crippen molar-refractivity contribution in [2.75, 3.05) is 6.54 Å². The SMILES string of the molecule is C#CCCCNCc1cc(C)c(C)s1. The summed E-state index contributed by atoms with van der Waals surface area (Å²) in [5, 5.41) is 3.39. The fourth-order valence-corrected chi connectivity index (χ4v) is 2.29. The summed E-state index contributed by atoms with van der Waals surface area (Å²) in [5.74, 6) is 2.64. The average Bonchev–Trinajstić information content (AvgIpc) is 2.46. The summed E-state index contributed by atoms with van der Waals surface area (Å²) < 4.78 is 0. The van der Waals surface area contributed by atoms with Gasteiger partial charge in [-0.1, -0.05) is 0 Å². The number of hydrogen-bond acceptors (Lipinski definition) is 2. The van der Waals surface area contributed by atoms with Gasteiger partial charge in [-0.3, -0.25) is 0 Å². The van der Waals surface area contributed by atoms with Gasteiger partial charge in [0.1, 0.15) is 0 Å². The minimum absolute atomic E-state index is 0.871. The monoisotopic (exact) mass is 207 g/mol. The van der Waals surface area contributed by atoms with Crippen LogP contribution in [0.25, 0.3) is 0 Å². The topological polar surface area (TPSA) is 12.0 Å². The lowest BCUT2D eigenvalue weighted by molar-refractivity contribution is 0.664. The Morgan fingerprint density at radius 3 is 2.86 bits per heavy atom. The van der Waals surface area contributed by atoms with Crippen LogP contribution >= 0.6 is 11.3 Å². The summed E-state index contributed by atoms with van der Waals surface area (Å²) in [6.07, 6.45) is 7.11. The molecule has 0 spiro atoms. The lowest BCUT2D eigenvalue weighted by Gasteiger charge is -1.99. The van der Waals surface area contributed by atoms with E-state index in [1.807, 2.05) is 11.3 Å². The second-order valence-corrected chi connectivity index (χ2v) is 4.78. The first-order valence-electron chi connectivity index (χ1n) is 4.94. The number of hydrogen-bond donors (Lipinski definition) is 1. The Labute approximate surface area is 90.5 Å². The zero-order valence-electron chi connectivity index (χ0n) is 8.89. The Kier molecular flexibility index (Phi) is 4.72. The van der Waals surface area contributed by atoms with E-state index in [0.29, 0.717) is 0 Å². The first kappa shape index (κ1) is 11.3. The van der Waals surface area contributed by atoms with Crippen molar-refractivity contribution in [3.05, 3.63) is 21.4 Å². The van der Waals surface area contributed by atoms with Crippen LogP contribution in [0.4, 0.5) is 0 Å². The van der Waals surface area contributed by atoms with Gasteiger partial charge >= 0.3 is 0 Å². The van der Waals surface area contributed by atoms with Crippen LogP contribution in [0.3, 0.4) is 0 Å². The number of rotatable bonds is 5. The number of thiophene rings is 1. The van der Waals surface area contributed by atoms with E-state index in [4.69, 9.17) is 6.42 Å². The van der Waals surface area contributed by atoms with Gasteiger partial charge in [-0.15, -0.1) is 23.7 Å². The van der Waals surface area contributed by atoms with Crippen LogP contribution < -0.4 is 5.32 Å². The third kappa shape index (κ3) is 3.53. The maximum absolute atomic E-state index is 5.17. The Morgan fingerprint density at radius 2 is 2.29 bits per heavy atom. The van der Waals surface area contributed by atoms with E-state index in [1.54, 1.807) is 0 Å². The second-order valence-electron chi connectivity index (χ2n) is 3.44. The van der Waals surface area contributed by atoms with Gasteiger partial charge in [-0.2, -0.15) is 0 Å². The van der Waals surface area contributed by atoms with Crippen LogP contribution in [0.1, 0.15) is 28.2 Å². The molecular weight excluding hydrogens is 190 g/mol. The smallest absolute Gasteiger partial charge is 0.0299 e. The molecule has 0 aromatic carbocycles. The molecule has 0 aliphatic rings. The van der Waals surface area contributed by atoms with E-state index < -0.39 is 0 Å². The largest absolute Gasteiger partial charge is 0.312 e. The fraction of sp³-hybridized carbons (Fsp3) is 0.500. The Hall–Kier alpha value is -0.780. The van der Waals surface area contributed by atoms with Crippen molar-refractivity contribution in [1.29, 1.82) is 0 Å². The molecule has 0 fully saturated rings. The molecule has 0 bridgehead atoms. The predicted octanol–water partition coefficient (Wildman–Crippen LogP) is 2.87. The van der Waals surface area contributed by atoms with Gasteiger partial charge in [0.2, 0.25) is 0 Å². The molecule has 1 rings (SSSR count). The summed E-state index contributed by atoms with van der Waals surface area (Å²) in [5.41, 5.74) is 1.40. The number of nitrogens with one attached hydrogen (secondary N) is 1. The zero-order chi connectivity index (χ0) is 10.4. The lowest BCUT2D eigenvalue weighted by Crippen LogP contribution is -2.13. The van der Waals surface area contributed by atoms with Crippen LogP contribution in [0.5, 0.6) is 0 Å². The van der Waals surface area contributed by atoms with Crippen LogP contribution in [0, 0.1) is 26.2 Å². The van der Waals surface area contributed by atoms with Gasteiger partial charge in [-0.25, -0.2) is 0 Å². The van der Waals surface area contributed by atoms with Crippen molar-refractivity contribution in [2.45, 2.75) is 33.2 Å². The van der Waals surface area contributed by atoms with Crippen molar-refractivity contribution >= 4 is 11.3 Å². The summed E-state index contributed by atoms with van der Waals surface area (Å²) >= 11 is 1.88. The van der Waals surface area contributed by atoms with Gasteiger partial charge in [0.25, 0.3) is 0 Å². The molecule has 0 aliphatic carbocycles. The molecule has 1 aromatic heterocycles. The Balaban J connectivity index is 2.22. The Morgan fingerprint density at radius 1 is 1.50 bits per heavy atom. The van der Waals surface area contributed by atoms with Gasteiger partial charge < -0.3 is 5.32 Å². The maximum atomic E-state index is 5.17. The van der Waals surface area contributed by atoms with Gasteiger partial charge in [0.05, 0.1) is 0 Å². The molecule has 0 radical (unpaired) electrons. The summed E-state index contributed by atoms with van der Waals surface area (Å²) in [6, 6.07) is 2.26. The van der Waals surface area contributed by atoms with Crippen molar-refractivity contribution in [3.8, 4) is 12.3 Å². The predicted molar refractivity (Wildman–Crippen MR) is 63.6 cm³/mol. The average molecular weight is 207 g/mol. The van der Waals surface area contributed by atoms with Crippen LogP contribution in [0.2, 0.25) is 0 Å². The van der Waals surface area contributed by atoms with Crippen molar-refractivity contribution in [3.63, 3.8) is 0 Å². The lowest BCUT2D eigenvalue weighted by atomic mass is 10.3. The van der Waals surface area contributed by atoms with Crippen LogP contribution in [-0.2, 0) is 6.54 Å². The molecule has 14 heavy (non-hydrogen) atoms. The third-order valence-electron chi connectivity index (χ3n) is 2.19. The highest BCUT2D eigenvalue weighted by atomic mass is 32.1. The molecule has 76 valence electrons. The highest BCUT2D eigenvalue weighted by Gasteiger charge is 2.00. The van der Waals surface area contributed by atoms with Gasteiger partial charge in [-0.05, 0) is 38.4 Å². The second kappa shape index (κ2) is 5.85. The van der Waals surface area contributed by atoms with Gasteiger partial charge in [0, 0.05) is 22.7 Å². The number of unbranched alkanes of at least 4 members (excludes halogenated alkanes) is 1.